The maximum Gasteiger partial charge on any atom is 0.241 e. The van der Waals surface area contributed by atoms with E-state index in [1.54, 1.807) is 17.1 Å². The normalized spacial score (nSPS) is 11.5. The first-order valence-electron chi connectivity index (χ1n) is 7.56. The van der Waals surface area contributed by atoms with Crippen molar-refractivity contribution in [3.8, 4) is 0 Å². The van der Waals surface area contributed by atoms with Gasteiger partial charge in [-0.2, -0.15) is 10.2 Å². The van der Waals surface area contributed by atoms with E-state index in [0.29, 0.717) is 6.54 Å². The van der Waals surface area contributed by atoms with E-state index in [1.165, 1.54) is 0 Å². The van der Waals surface area contributed by atoms with Crippen LogP contribution in [-0.4, -0.2) is 43.7 Å². The quantitative estimate of drug-likeness (QED) is 0.692. The van der Waals surface area contributed by atoms with Gasteiger partial charge in [0.1, 0.15) is 6.54 Å². The van der Waals surface area contributed by atoms with Crippen molar-refractivity contribution >= 4 is 11.6 Å². The lowest BCUT2D eigenvalue weighted by Gasteiger charge is -2.18. The topological polar surface area (TPSA) is 97.0 Å². The van der Waals surface area contributed by atoms with Crippen LogP contribution < -0.4 is 10.6 Å². The van der Waals surface area contributed by atoms with E-state index in [1.807, 2.05) is 17.1 Å². The average Bonchev–Trinajstić information content (AvgIpc) is 3.11. The third-order valence-corrected chi connectivity index (χ3v) is 3.19. The molecule has 2 aromatic rings. The summed E-state index contributed by atoms with van der Waals surface area (Å²) >= 11 is 0. The molecule has 8 heteroatoms. The first-order valence-corrected chi connectivity index (χ1v) is 7.56. The minimum Gasteiger partial charge on any atom is -0.395 e. The van der Waals surface area contributed by atoms with E-state index in [4.69, 9.17) is 5.11 Å². The van der Waals surface area contributed by atoms with Gasteiger partial charge in [-0.3, -0.25) is 14.2 Å². The number of rotatable bonds is 7. The number of nitrogens with zero attached hydrogens (tertiary/aromatic N) is 4. The van der Waals surface area contributed by atoms with Crippen molar-refractivity contribution < 1.29 is 9.90 Å². The van der Waals surface area contributed by atoms with Crippen molar-refractivity contribution in [2.75, 3.05) is 18.5 Å². The van der Waals surface area contributed by atoms with E-state index >= 15 is 0 Å². The van der Waals surface area contributed by atoms with Gasteiger partial charge in [0.25, 0.3) is 0 Å². The van der Waals surface area contributed by atoms with E-state index in [-0.39, 0.29) is 31.1 Å². The first kappa shape index (κ1) is 17.0. The SMILES string of the molecule is CC(C)(C)n1cc(CNc2cnn(CC(=O)NCCO)c2)cn1. The van der Waals surface area contributed by atoms with Crippen LogP contribution in [0.15, 0.2) is 24.8 Å². The molecular weight excluding hydrogens is 296 g/mol. The smallest absolute Gasteiger partial charge is 0.241 e. The summed E-state index contributed by atoms with van der Waals surface area (Å²) in [5.41, 5.74) is 1.88. The minimum absolute atomic E-state index is 0.0366. The molecule has 23 heavy (non-hydrogen) atoms. The second-order valence-electron chi connectivity index (χ2n) is 6.32. The Balaban J connectivity index is 1.85. The summed E-state index contributed by atoms with van der Waals surface area (Å²) in [7, 11) is 0. The predicted molar refractivity (Wildman–Crippen MR) is 86.9 cm³/mol. The Morgan fingerprint density at radius 3 is 2.70 bits per heavy atom. The second-order valence-corrected chi connectivity index (χ2v) is 6.32. The Morgan fingerprint density at radius 2 is 2.04 bits per heavy atom. The zero-order valence-corrected chi connectivity index (χ0v) is 13.8. The molecule has 8 nitrogen and oxygen atoms in total. The Hall–Kier alpha value is -2.35. The summed E-state index contributed by atoms with van der Waals surface area (Å²) in [5, 5.41) is 23.0. The molecule has 0 aliphatic heterocycles. The van der Waals surface area contributed by atoms with Crippen LogP contribution in [0.3, 0.4) is 0 Å². The predicted octanol–water partition coefficient (Wildman–Crippen LogP) is 0.555. The van der Waals surface area contributed by atoms with Gasteiger partial charge in [0, 0.05) is 31.0 Å². The monoisotopic (exact) mass is 320 g/mol. The zero-order chi connectivity index (χ0) is 16.9. The van der Waals surface area contributed by atoms with Gasteiger partial charge in [-0.05, 0) is 20.8 Å². The van der Waals surface area contributed by atoms with Gasteiger partial charge < -0.3 is 15.7 Å². The molecule has 0 saturated heterocycles. The molecule has 2 rings (SSSR count). The van der Waals surface area contributed by atoms with Crippen LogP contribution in [0, 0.1) is 0 Å². The molecule has 0 saturated carbocycles. The van der Waals surface area contributed by atoms with Crippen LogP contribution in [0.25, 0.3) is 0 Å². The fourth-order valence-corrected chi connectivity index (χ4v) is 1.96. The molecule has 2 heterocycles. The number of amides is 1. The molecule has 0 bridgehead atoms. The van der Waals surface area contributed by atoms with Gasteiger partial charge in [0.15, 0.2) is 0 Å². The van der Waals surface area contributed by atoms with Crippen molar-refractivity contribution in [2.45, 2.75) is 39.4 Å². The average molecular weight is 320 g/mol. The van der Waals surface area contributed by atoms with Crippen molar-refractivity contribution in [1.82, 2.24) is 24.9 Å². The Labute approximate surface area is 135 Å². The highest BCUT2D eigenvalue weighted by Gasteiger charge is 2.13. The van der Waals surface area contributed by atoms with Gasteiger partial charge in [-0.1, -0.05) is 0 Å². The van der Waals surface area contributed by atoms with Crippen LogP contribution in [-0.2, 0) is 23.4 Å². The fraction of sp³-hybridized carbons (Fsp3) is 0.533. The number of aromatic nitrogens is 4. The maximum atomic E-state index is 11.5. The van der Waals surface area contributed by atoms with Crippen LogP contribution in [0.2, 0.25) is 0 Å². The summed E-state index contributed by atoms with van der Waals surface area (Å²) in [4.78, 5) is 11.5. The van der Waals surface area contributed by atoms with Gasteiger partial charge in [0.2, 0.25) is 5.91 Å². The third-order valence-electron chi connectivity index (χ3n) is 3.19. The first-order chi connectivity index (χ1) is 10.9. The number of aliphatic hydroxyl groups excluding tert-OH is 1. The molecule has 126 valence electrons. The van der Waals surface area contributed by atoms with E-state index < -0.39 is 0 Å². The molecule has 1 amide bonds. The third kappa shape index (κ3) is 5.10. The van der Waals surface area contributed by atoms with Gasteiger partial charge >= 0.3 is 0 Å². The zero-order valence-electron chi connectivity index (χ0n) is 13.8. The van der Waals surface area contributed by atoms with Gasteiger partial charge in [-0.25, -0.2) is 0 Å². The molecule has 0 aromatic carbocycles. The molecule has 2 aromatic heterocycles. The molecule has 0 aliphatic rings. The van der Waals surface area contributed by atoms with Crippen LogP contribution in [0.5, 0.6) is 0 Å². The standard InChI is InChI=1S/C15H24N6O2/c1-15(2,3)21-9-12(7-19-21)6-17-13-8-18-20(10-13)11-14(23)16-4-5-22/h7-10,17,22H,4-6,11H2,1-3H3,(H,16,23). The van der Waals surface area contributed by atoms with Gasteiger partial charge in [-0.15, -0.1) is 0 Å². The summed E-state index contributed by atoms with van der Waals surface area (Å²) < 4.78 is 3.48. The number of hydrogen-bond acceptors (Lipinski definition) is 5. The minimum atomic E-state index is -0.180. The summed E-state index contributed by atoms with van der Waals surface area (Å²) in [6.07, 6.45) is 7.30. The molecule has 0 spiro atoms. The van der Waals surface area contributed by atoms with E-state index in [0.717, 1.165) is 11.3 Å². The number of carbonyl (C=O) groups excluding carboxylic acids is 1. The Morgan fingerprint density at radius 1 is 1.26 bits per heavy atom. The van der Waals surface area contributed by atoms with E-state index in [9.17, 15) is 4.79 Å². The molecule has 0 fully saturated rings. The molecule has 0 unspecified atom stereocenters. The Kier molecular flexibility index (Phi) is 5.38. The summed E-state index contributed by atoms with van der Waals surface area (Å²) in [6, 6.07) is 0. The number of anilines is 1. The molecule has 0 atom stereocenters. The van der Waals surface area contributed by atoms with E-state index in [2.05, 4.69) is 41.6 Å². The number of hydrogen-bond donors (Lipinski definition) is 3. The lowest BCUT2D eigenvalue weighted by Crippen LogP contribution is -2.30. The van der Waals surface area contributed by atoms with Crippen molar-refractivity contribution in [1.29, 1.82) is 0 Å². The van der Waals surface area contributed by atoms with Crippen LogP contribution in [0.4, 0.5) is 5.69 Å². The summed E-state index contributed by atoms with van der Waals surface area (Å²) in [5.74, 6) is -0.180. The summed E-state index contributed by atoms with van der Waals surface area (Å²) in [6.45, 7) is 7.25. The lowest BCUT2D eigenvalue weighted by molar-refractivity contribution is -0.122. The molecular formula is C15H24N6O2. The number of aliphatic hydroxyl groups is 1. The van der Waals surface area contributed by atoms with Crippen molar-refractivity contribution in [3.63, 3.8) is 0 Å². The second kappa shape index (κ2) is 7.28. The maximum absolute atomic E-state index is 11.5. The molecule has 0 aliphatic carbocycles. The fourth-order valence-electron chi connectivity index (χ4n) is 1.96. The Bertz CT molecular complexity index is 640. The van der Waals surface area contributed by atoms with Crippen molar-refractivity contribution in [3.05, 3.63) is 30.4 Å². The van der Waals surface area contributed by atoms with Gasteiger partial charge in [0.05, 0.1) is 30.2 Å². The lowest BCUT2D eigenvalue weighted by atomic mass is 10.1. The molecule has 3 N–H and O–H groups in total. The number of nitrogens with one attached hydrogen (secondary N) is 2. The largest absolute Gasteiger partial charge is 0.395 e. The highest BCUT2D eigenvalue weighted by molar-refractivity contribution is 5.75. The van der Waals surface area contributed by atoms with Crippen LogP contribution >= 0.6 is 0 Å². The highest BCUT2D eigenvalue weighted by atomic mass is 16.3. The molecule has 0 radical (unpaired) electrons. The van der Waals surface area contributed by atoms with Crippen LogP contribution in [0.1, 0.15) is 26.3 Å². The van der Waals surface area contributed by atoms with Crippen molar-refractivity contribution in [2.24, 2.45) is 0 Å². The number of carbonyl (C=O) groups is 1. The highest BCUT2D eigenvalue weighted by Crippen LogP contribution is 2.14.